The maximum absolute atomic E-state index is 4.23. The predicted octanol–water partition coefficient (Wildman–Crippen LogP) is 2.87. The van der Waals surface area contributed by atoms with Crippen molar-refractivity contribution in [3.8, 4) is 0 Å². The van der Waals surface area contributed by atoms with E-state index in [1.807, 2.05) is 19.9 Å². The molecule has 0 saturated carbocycles. The maximum atomic E-state index is 4.23. The lowest BCUT2D eigenvalue weighted by atomic mass is 10.8. The van der Waals surface area contributed by atoms with Gasteiger partial charge in [0.1, 0.15) is 10.7 Å². The van der Waals surface area contributed by atoms with Crippen LogP contribution in [-0.2, 0) is 0 Å². The summed E-state index contributed by atoms with van der Waals surface area (Å²) in [5, 5.41) is 9.30. The van der Waals surface area contributed by atoms with E-state index in [0.29, 0.717) is 10.7 Å². The predicted molar refractivity (Wildman–Crippen MR) is 70.0 cm³/mol. The van der Waals surface area contributed by atoms with Gasteiger partial charge in [0, 0.05) is 0 Å². The second-order valence-corrected chi connectivity index (χ2v) is 6.94. The molecule has 0 amide bonds. The van der Waals surface area contributed by atoms with Crippen molar-refractivity contribution in [2.45, 2.75) is 24.6 Å². The molecule has 0 aliphatic carbocycles. The van der Waals surface area contributed by atoms with Crippen LogP contribution in [0, 0.1) is 0 Å². The van der Waals surface area contributed by atoms with Gasteiger partial charge in [-0.15, -0.1) is 0 Å². The van der Waals surface area contributed by atoms with Crippen molar-refractivity contribution in [2.24, 2.45) is 10.2 Å². The number of hydrazone groups is 2. The molecular formula is C6H10N4S4. The van der Waals surface area contributed by atoms with Crippen LogP contribution in [0.4, 0.5) is 0 Å². The van der Waals surface area contributed by atoms with Gasteiger partial charge in [-0.25, -0.2) is 8.83 Å². The summed E-state index contributed by atoms with van der Waals surface area (Å²) in [4.78, 5) is 0. The minimum atomic E-state index is 0.419. The first-order chi connectivity index (χ1) is 6.77. The van der Waals surface area contributed by atoms with E-state index in [9.17, 15) is 0 Å². The highest BCUT2D eigenvalue weighted by atomic mass is 33.1. The fourth-order valence-electron chi connectivity index (χ4n) is 0.843. The van der Waals surface area contributed by atoms with E-state index in [1.54, 1.807) is 45.5 Å². The van der Waals surface area contributed by atoms with E-state index in [-0.39, 0.29) is 0 Å². The Hall–Kier alpha value is 0.340. The highest BCUT2D eigenvalue weighted by molar-refractivity contribution is 8.75. The Bertz CT molecular complexity index is 232. The van der Waals surface area contributed by atoms with Crippen LogP contribution in [0.25, 0.3) is 0 Å². The highest BCUT2D eigenvalue weighted by Crippen LogP contribution is 2.40. The lowest BCUT2D eigenvalue weighted by molar-refractivity contribution is 0.506. The first kappa shape index (κ1) is 10.8. The van der Waals surface area contributed by atoms with E-state index >= 15 is 0 Å². The molecule has 4 nitrogen and oxygen atoms in total. The maximum Gasteiger partial charge on any atom is 0.108 e. The van der Waals surface area contributed by atoms with Gasteiger partial charge in [0.05, 0.1) is 33.1 Å². The van der Waals surface area contributed by atoms with Crippen molar-refractivity contribution in [1.29, 1.82) is 0 Å². The quantitative estimate of drug-likeness (QED) is 0.577. The lowest BCUT2D eigenvalue weighted by Gasteiger charge is -2.21. The van der Waals surface area contributed by atoms with Gasteiger partial charge in [-0.3, -0.25) is 0 Å². The van der Waals surface area contributed by atoms with E-state index in [4.69, 9.17) is 0 Å². The third-order valence-corrected chi connectivity index (χ3v) is 5.84. The van der Waals surface area contributed by atoms with Crippen molar-refractivity contribution >= 4 is 56.6 Å². The van der Waals surface area contributed by atoms with Gasteiger partial charge in [0.15, 0.2) is 0 Å². The molecule has 2 heterocycles. The Morgan fingerprint density at radius 3 is 1.71 bits per heavy atom. The van der Waals surface area contributed by atoms with Gasteiger partial charge in [-0.05, 0) is 13.8 Å². The molecule has 0 spiro atoms. The number of hydrogen-bond donors (Lipinski definition) is 0. The van der Waals surface area contributed by atoms with E-state index in [2.05, 4.69) is 24.1 Å². The summed E-state index contributed by atoms with van der Waals surface area (Å²) in [7, 11) is 3.25. The number of hydrogen-bond acceptors (Lipinski definition) is 8. The Balaban J connectivity index is 1.76. The number of thioether (sulfide) groups is 2. The molecule has 0 fully saturated rings. The molecule has 2 atom stereocenters. The fraction of sp³-hybridized carbons (Fsp3) is 0.667. The van der Waals surface area contributed by atoms with E-state index in [1.165, 1.54) is 0 Å². The van der Waals surface area contributed by atoms with Crippen LogP contribution in [-0.4, -0.2) is 30.7 Å². The average molecular weight is 266 g/mol. The number of rotatable bonds is 3. The molecule has 0 aromatic heterocycles. The van der Waals surface area contributed by atoms with Crippen molar-refractivity contribution < 1.29 is 0 Å². The average Bonchev–Trinajstić information content (AvgIpc) is 2.72. The van der Waals surface area contributed by atoms with Crippen LogP contribution >= 0.6 is 45.5 Å². The van der Waals surface area contributed by atoms with Crippen LogP contribution in [0.15, 0.2) is 10.2 Å². The fourth-order valence-corrected chi connectivity index (χ4v) is 4.79. The normalized spacial score (nSPS) is 30.7. The minimum absolute atomic E-state index is 0.419. The van der Waals surface area contributed by atoms with E-state index in [0.717, 1.165) is 0 Å². The lowest BCUT2D eigenvalue weighted by Crippen LogP contribution is -2.16. The molecule has 0 saturated heterocycles. The molecule has 0 N–H and O–H groups in total. The van der Waals surface area contributed by atoms with Gasteiger partial charge in [-0.1, -0.05) is 23.5 Å². The molecule has 2 aliphatic rings. The highest BCUT2D eigenvalue weighted by Gasteiger charge is 2.22. The van der Waals surface area contributed by atoms with Crippen molar-refractivity contribution in [1.82, 2.24) is 8.83 Å². The van der Waals surface area contributed by atoms with Crippen LogP contribution in [0.2, 0.25) is 0 Å². The van der Waals surface area contributed by atoms with Crippen molar-refractivity contribution in [2.75, 3.05) is 0 Å². The molecule has 14 heavy (non-hydrogen) atoms. The Kier molecular flexibility index (Phi) is 3.80. The zero-order valence-corrected chi connectivity index (χ0v) is 11.0. The van der Waals surface area contributed by atoms with Gasteiger partial charge < -0.3 is 0 Å². The molecule has 2 aliphatic heterocycles. The van der Waals surface area contributed by atoms with Gasteiger partial charge in [0.2, 0.25) is 0 Å². The summed E-state index contributed by atoms with van der Waals surface area (Å²) in [6.45, 7) is 4.27. The molecule has 2 rings (SSSR count). The molecule has 0 aromatic rings. The molecule has 0 bridgehead atoms. The smallest absolute Gasteiger partial charge is 0.108 e. The van der Waals surface area contributed by atoms with Gasteiger partial charge in [-0.2, -0.15) is 10.2 Å². The summed E-state index contributed by atoms with van der Waals surface area (Å²) in [5.74, 6) is 0. The summed E-state index contributed by atoms with van der Waals surface area (Å²) in [6, 6.07) is 0. The summed E-state index contributed by atoms with van der Waals surface area (Å²) in [6.07, 6.45) is 0. The number of nitrogens with zero attached hydrogens (tertiary/aromatic N) is 4. The van der Waals surface area contributed by atoms with Crippen LogP contribution < -0.4 is 0 Å². The minimum Gasteiger partial charge on any atom is -0.213 e. The molecule has 0 aromatic carbocycles. The van der Waals surface area contributed by atoms with Crippen LogP contribution in [0.5, 0.6) is 0 Å². The third-order valence-electron chi connectivity index (χ3n) is 1.65. The summed E-state index contributed by atoms with van der Waals surface area (Å²) >= 11 is 3.45. The zero-order valence-electron chi connectivity index (χ0n) is 7.73. The first-order valence-corrected chi connectivity index (χ1v) is 8.01. The SMILES string of the molecule is CC1SC=NN1SSN1N=CSC1C. The molecule has 8 heteroatoms. The molecule has 78 valence electrons. The Morgan fingerprint density at radius 2 is 1.43 bits per heavy atom. The zero-order chi connectivity index (χ0) is 9.97. The molecule has 2 unspecified atom stereocenters. The largest absolute Gasteiger partial charge is 0.213 e. The first-order valence-electron chi connectivity index (χ1n) is 4.06. The molecular weight excluding hydrogens is 256 g/mol. The summed E-state index contributed by atoms with van der Waals surface area (Å²) in [5.41, 5.74) is 3.76. The van der Waals surface area contributed by atoms with Crippen molar-refractivity contribution in [3.63, 3.8) is 0 Å². The van der Waals surface area contributed by atoms with E-state index < -0.39 is 0 Å². The standard InChI is InChI=1S/C6H10N4S4/c1-5-9(7-3-11-5)13-14-10-6(2)12-4-8-10/h3-6H,1-2H3. The van der Waals surface area contributed by atoms with Crippen LogP contribution in [0.3, 0.4) is 0 Å². The second-order valence-electron chi connectivity index (χ2n) is 2.67. The third kappa shape index (κ3) is 2.47. The Morgan fingerprint density at radius 1 is 1.00 bits per heavy atom. The topological polar surface area (TPSA) is 31.2 Å². The van der Waals surface area contributed by atoms with Gasteiger partial charge >= 0.3 is 0 Å². The molecule has 0 radical (unpaired) electrons. The van der Waals surface area contributed by atoms with Gasteiger partial charge in [0.25, 0.3) is 0 Å². The Labute approximate surface area is 100.0 Å². The monoisotopic (exact) mass is 266 g/mol. The summed E-state index contributed by atoms with van der Waals surface area (Å²) < 4.78 is 3.97. The van der Waals surface area contributed by atoms with Crippen LogP contribution in [0.1, 0.15) is 13.8 Å². The van der Waals surface area contributed by atoms with Crippen molar-refractivity contribution in [3.05, 3.63) is 0 Å². The second kappa shape index (κ2) is 4.91.